The summed E-state index contributed by atoms with van der Waals surface area (Å²) in [7, 11) is -2.29. The van der Waals surface area contributed by atoms with Crippen molar-refractivity contribution in [2.24, 2.45) is 5.73 Å². The van der Waals surface area contributed by atoms with Crippen LogP contribution in [-0.2, 0) is 10.0 Å². The number of sulfonamides is 1. The zero-order valence-corrected chi connectivity index (χ0v) is 9.24. The van der Waals surface area contributed by atoms with E-state index in [0.29, 0.717) is 0 Å². The smallest absolute Gasteiger partial charge is 0.329 e. The van der Waals surface area contributed by atoms with E-state index in [0.717, 1.165) is 4.31 Å². The van der Waals surface area contributed by atoms with Gasteiger partial charge in [-0.3, -0.25) is 0 Å². The highest BCUT2D eigenvalue weighted by Crippen LogP contribution is 2.21. The van der Waals surface area contributed by atoms with Crippen molar-refractivity contribution in [2.75, 3.05) is 25.9 Å². The molecule has 0 radical (unpaired) electrons. The molecule has 0 atom stereocenters. The van der Waals surface area contributed by atoms with Gasteiger partial charge in [-0.25, -0.2) is 12.7 Å². The van der Waals surface area contributed by atoms with Gasteiger partial charge in [0.15, 0.2) is 0 Å². The highest BCUT2D eigenvalue weighted by molar-refractivity contribution is 7.89. The van der Waals surface area contributed by atoms with Gasteiger partial charge in [-0.1, -0.05) is 0 Å². The van der Waals surface area contributed by atoms with Crippen LogP contribution in [0.3, 0.4) is 0 Å². The minimum absolute atomic E-state index is 0.119. The molecule has 0 fully saturated rings. The molecule has 0 bridgehead atoms. The van der Waals surface area contributed by atoms with Crippen LogP contribution in [0.5, 0.6) is 0 Å². The van der Waals surface area contributed by atoms with Crippen LogP contribution in [-0.4, -0.2) is 44.8 Å². The van der Waals surface area contributed by atoms with E-state index >= 15 is 0 Å². The van der Waals surface area contributed by atoms with Crippen LogP contribution in [0.1, 0.15) is 12.8 Å². The summed E-state index contributed by atoms with van der Waals surface area (Å²) in [6, 6.07) is 0. The van der Waals surface area contributed by atoms with Gasteiger partial charge in [-0.2, -0.15) is 13.2 Å². The molecule has 0 heterocycles. The van der Waals surface area contributed by atoms with Crippen LogP contribution in [0.4, 0.5) is 13.2 Å². The normalized spacial score (nSPS) is 13.5. The largest absolute Gasteiger partial charge is 0.389 e. The lowest BCUT2D eigenvalue weighted by Gasteiger charge is -2.16. The highest BCUT2D eigenvalue weighted by atomic mass is 32.2. The molecule has 0 amide bonds. The summed E-state index contributed by atoms with van der Waals surface area (Å²) in [5.74, 6) is -0.497. The molecular weight excluding hydrogens is 233 g/mol. The Balaban J connectivity index is 4.06. The molecule has 0 saturated carbocycles. The van der Waals surface area contributed by atoms with Crippen LogP contribution >= 0.6 is 0 Å². The summed E-state index contributed by atoms with van der Waals surface area (Å²) in [5.41, 5.74) is 5.14. The van der Waals surface area contributed by atoms with Crippen molar-refractivity contribution >= 4 is 10.0 Å². The summed E-state index contributed by atoms with van der Waals surface area (Å²) in [6.45, 7) is 0.267. The lowest BCUT2D eigenvalue weighted by molar-refractivity contribution is -0.134. The molecule has 0 aliphatic carbocycles. The second kappa shape index (κ2) is 5.66. The average molecular weight is 248 g/mol. The predicted octanol–water partition coefficient (Wildman–Crippen LogP) is 0.549. The van der Waals surface area contributed by atoms with E-state index in [-0.39, 0.29) is 13.1 Å². The molecule has 0 aliphatic rings. The van der Waals surface area contributed by atoms with Gasteiger partial charge in [0, 0.05) is 26.6 Å². The Labute approximate surface area is 87.3 Å². The molecule has 0 aliphatic heterocycles. The number of likely N-dealkylation sites (N-methyl/N-ethyl adjacent to an activating group) is 1. The number of nitrogens with zero attached hydrogens (tertiary/aromatic N) is 1. The first-order valence-electron chi connectivity index (χ1n) is 4.40. The van der Waals surface area contributed by atoms with Gasteiger partial charge in [0.2, 0.25) is 10.0 Å². The van der Waals surface area contributed by atoms with Gasteiger partial charge in [0.05, 0.1) is 5.75 Å². The average Bonchev–Trinajstić information content (AvgIpc) is 2.01. The summed E-state index contributed by atoms with van der Waals surface area (Å²) in [4.78, 5) is 0. The lowest BCUT2D eigenvalue weighted by Crippen LogP contribution is -2.33. The molecule has 92 valence electrons. The molecule has 4 nitrogen and oxygen atoms in total. The molecular formula is C7H15F3N2O2S. The van der Waals surface area contributed by atoms with Gasteiger partial charge in [-0.05, 0) is 6.42 Å². The van der Waals surface area contributed by atoms with E-state index in [1.165, 1.54) is 7.05 Å². The van der Waals surface area contributed by atoms with Gasteiger partial charge in [0.25, 0.3) is 0 Å². The van der Waals surface area contributed by atoms with E-state index in [1.54, 1.807) is 0 Å². The number of nitrogens with two attached hydrogens (primary N) is 1. The Hall–Kier alpha value is -0.340. The van der Waals surface area contributed by atoms with Gasteiger partial charge >= 0.3 is 6.18 Å². The SMILES string of the molecule is CN(CCN)S(=O)(=O)CCCC(F)(F)F. The molecule has 0 spiro atoms. The molecule has 0 aromatic heterocycles. The molecule has 8 heteroatoms. The summed E-state index contributed by atoms with van der Waals surface area (Å²) >= 11 is 0. The Morgan fingerprint density at radius 3 is 2.27 bits per heavy atom. The van der Waals surface area contributed by atoms with Crippen molar-refractivity contribution in [1.82, 2.24) is 4.31 Å². The van der Waals surface area contributed by atoms with Crippen LogP contribution in [0.2, 0.25) is 0 Å². The first-order chi connectivity index (χ1) is 6.69. The molecule has 0 saturated heterocycles. The Morgan fingerprint density at radius 2 is 1.87 bits per heavy atom. The van der Waals surface area contributed by atoms with Crippen LogP contribution in [0.25, 0.3) is 0 Å². The van der Waals surface area contributed by atoms with Crippen LogP contribution in [0, 0.1) is 0 Å². The monoisotopic (exact) mass is 248 g/mol. The van der Waals surface area contributed by atoms with Crippen LogP contribution in [0.15, 0.2) is 0 Å². The molecule has 2 N–H and O–H groups in total. The lowest BCUT2D eigenvalue weighted by atomic mass is 10.3. The quantitative estimate of drug-likeness (QED) is 0.746. The number of hydrogen-bond donors (Lipinski definition) is 1. The molecule has 0 rings (SSSR count). The minimum Gasteiger partial charge on any atom is -0.329 e. The van der Waals surface area contributed by atoms with Crippen molar-refractivity contribution < 1.29 is 21.6 Å². The second-order valence-corrected chi connectivity index (χ2v) is 5.34. The van der Waals surface area contributed by atoms with Gasteiger partial charge < -0.3 is 5.73 Å². The third kappa shape index (κ3) is 6.69. The number of rotatable bonds is 6. The Morgan fingerprint density at radius 1 is 1.33 bits per heavy atom. The first-order valence-corrected chi connectivity index (χ1v) is 6.01. The molecule has 0 unspecified atom stereocenters. The van der Waals surface area contributed by atoms with Crippen molar-refractivity contribution in [3.63, 3.8) is 0 Å². The van der Waals surface area contributed by atoms with Crippen molar-refractivity contribution in [3.8, 4) is 0 Å². The first kappa shape index (κ1) is 14.7. The highest BCUT2D eigenvalue weighted by Gasteiger charge is 2.28. The van der Waals surface area contributed by atoms with Crippen molar-refractivity contribution in [1.29, 1.82) is 0 Å². The van der Waals surface area contributed by atoms with E-state index in [2.05, 4.69) is 0 Å². The number of halogens is 3. The Kier molecular flexibility index (Phi) is 5.54. The molecule has 0 aromatic carbocycles. The maximum absolute atomic E-state index is 11.8. The summed E-state index contributed by atoms with van der Waals surface area (Å²) < 4.78 is 58.8. The topological polar surface area (TPSA) is 63.4 Å². The molecule has 15 heavy (non-hydrogen) atoms. The second-order valence-electron chi connectivity index (χ2n) is 3.14. The standard InChI is InChI=1S/C7H15F3N2O2S/c1-12(5-4-11)15(13,14)6-2-3-7(8,9)10/h2-6,11H2,1H3. The van der Waals surface area contributed by atoms with Crippen molar-refractivity contribution in [3.05, 3.63) is 0 Å². The van der Waals surface area contributed by atoms with E-state index in [9.17, 15) is 21.6 Å². The predicted molar refractivity (Wildman–Crippen MR) is 50.8 cm³/mol. The third-order valence-electron chi connectivity index (χ3n) is 1.78. The maximum Gasteiger partial charge on any atom is 0.389 e. The maximum atomic E-state index is 11.8. The Bertz CT molecular complexity index is 276. The van der Waals surface area contributed by atoms with E-state index in [1.807, 2.05) is 0 Å². The number of alkyl halides is 3. The third-order valence-corrected chi connectivity index (χ3v) is 3.72. The fourth-order valence-electron chi connectivity index (χ4n) is 0.932. The minimum atomic E-state index is -4.30. The van der Waals surface area contributed by atoms with E-state index in [4.69, 9.17) is 5.73 Å². The fourth-order valence-corrected chi connectivity index (χ4v) is 2.14. The fraction of sp³-hybridized carbons (Fsp3) is 1.00. The van der Waals surface area contributed by atoms with E-state index < -0.39 is 34.8 Å². The van der Waals surface area contributed by atoms with Crippen LogP contribution < -0.4 is 5.73 Å². The van der Waals surface area contributed by atoms with Gasteiger partial charge in [-0.15, -0.1) is 0 Å². The van der Waals surface area contributed by atoms with Gasteiger partial charge in [0.1, 0.15) is 0 Å². The zero-order valence-electron chi connectivity index (χ0n) is 8.42. The zero-order chi connectivity index (χ0) is 12.1. The molecule has 0 aromatic rings. The summed E-state index contributed by atoms with van der Waals surface area (Å²) in [5, 5.41) is 0. The summed E-state index contributed by atoms with van der Waals surface area (Å²) in [6.07, 6.45) is -5.80. The number of hydrogen-bond acceptors (Lipinski definition) is 3. The van der Waals surface area contributed by atoms with Crippen molar-refractivity contribution in [2.45, 2.75) is 19.0 Å².